The van der Waals surface area contributed by atoms with E-state index in [-0.39, 0.29) is 17.4 Å². The number of amides is 1. The Kier molecular flexibility index (Phi) is 4.63. The highest BCUT2D eigenvalue weighted by atomic mass is 16.5. The molecule has 1 amide bonds. The fourth-order valence-electron chi connectivity index (χ4n) is 3.96. The third-order valence-corrected chi connectivity index (χ3v) is 5.28. The lowest BCUT2D eigenvalue weighted by atomic mass is 9.73. The van der Waals surface area contributed by atoms with Crippen LogP contribution in [0.4, 0.5) is 0 Å². The van der Waals surface area contributed by atoms with E-state index in [1.807, 2.05) is 17.0 Å². The predicted molar refractivity (Wildman–Crippen MR) is 92.9 cm³/mol. The fraction of sp³-hybridized carbons (Fsp3) is 0.526. The van der Waals surface area contributed by atoms with Crippen LogP contribution in [0.15, 0.2) is 35.1 Å². The molecule has 0 aliphatic carbocycles. The van der Waals surface area contributed by atoms with Gasteiger partial charge in [-0.1, -0.05) is 5.16 Å². The molecule has 2 fully saturated rings. The van der Waals surface area contributed by atoms with Crippen molar-refractivity contribution >= 4 is 5.91 Å². The third-order valence-electron chi connectivity index (χ3n) is 5.28. The first-order valence-electron chi connectivity index (χ1n) is 9.03. The predicted octanol–water partition coefficient (Wildman–Crippen LogP) is 2.47. The lowest BCUT2D eigenvalue weighted by Gasteiger charge is -2.49. The van der Waals surface area contributed by atoms with Gasteiger partial charge in [0.15, 0.2) is 5.69 Å². The Labute approximate surface area is 152 Å². The summed E-state index contributed by atoms with van der Waals surface area (Å²) in [5.41, 5.74) is 0.154. The molecule has 2 aliphatic heterocycles. The molecule has 2 atom stereocenters. The van der Waals surface area contributed by atoms with Gasteiger partial charge in [-0.25, -0.2) is 0 Å². The Morgan fingerprint density at radius 3 is 3.19 bits per heavy atom. The number of likely N-dealkylation sites (tertiary alicyclic amines) is 1. The molecule has 0 saturated carbocycles. The summed E-state index contributed by atoms with van der Waals surface area (Å²) in [7, 11) is 0. The van der Waals surface area contributed by atoms with Crippen molar-refractivity contribution in [3.63, 3.8) is 0 Å². The first kappa shape index (κ1) is 17.0. The summed E-state index contributed by atoms with van der Waals surface area (Å²) in [5.74, 6) is 1.28. The molecule has 0 spiro atoms. The van der Waals surface area contributed by atoms with Crippen molar-refractivity contribution in [2.45, 2.75) is 32.3 Å². The quantitative estimate of drug-likeness (QED) is 0.836. The van der Waals surface area contributed by atoms with Crippen LogP contribution in [-0.4, -0.2) is 53.4 Å². The van der Waals surface area contributed by atoms with Crippen LogP contribution in [0.1, 0.15) is 35.5 Å². The highest BCUT2D eigenvalue weighted by Crippen LogP contribution is 2.41. The normalized spacial score (nSPS) is 25.6. The lowest BCUT2D eigenvalue weighted by Crippen LogP contribution is -2.58. The Bertz CT molecular complexity index is 763. The smallest absolute Gasteiger partial charge is 0.276 e. The maximum absolute atomic E-state index is 12.8. The molecule has 2 aromatic rings. The van der Waals surface area contributed by atoms with Crippen LogP contribution < -0.4 is 4.74 Å². The van der Waals surface area contributed by atoms with E-state index in [2.05, 4.69) is 10.1 Å². The Morgan fingerprint density at radius 2 is 2.42 bits per heavy atom. The summed E-state index contributed by atoms with van der Waals surface area (Å²) in [6.45, 7) is 4.32. The molecule has 7 heteroatoms. The summed E-state index contributed by atoms with van der Waals surface area (Å²) >= 11 is 0. The number of aromatic nitrogens is 2. The highest BCUT2D eigenvalue weighted by Gasteiger charge is 2.48. The first-order valence-corrected chi connectivity index (χ1v) is 9.03. The molecular weight excluding hydrogens is 334 g/mol. The van der Waals surface area contributed by atoms with E-state index in [4.69, 9.17) is 14.0 Å². The van der Waals surface area contributed by atoms with Gasteiger partial charge >= 0.3 is 0 Å². The van der Waals surface area contributed by atoms with Gasteiger partial charge in [0.05, 0.1) is 18.9 Å². The Morgan fingerprint density at radius 1 is 1.50 bits per heavy atom. The largest absolute Gasteiger partial charge is 0.491 e. The van der Waals surface area contributed by atoms with Crippen molar-refractivity contribution in [2.24, 2.45) is 5.41 Å². The number of ether oxygens (including phenoxy) is 2. The monoisotopic (exact) mass is 357 g/mol. The molecule has 2 saturated heterocycles. The minimum absolute atomic E-state index is 0.0911. The van der Waals surface area contributed by atoms with E-state index in [1.54, 1.807) is 25.4 Å². The van der Waals surface area contributed by atoms with Crippen LogP contribution in [0.25, 0.3) is 0 Å². The molecular formula is C19H23N3O4. The number of hydrogen-bond donors (Lipinski definition) is 0. The van der Waals surface area contributed by atoms with Crippen molar-refractivity contribution in [1.29, 1.82) is 0 Å². The Balaban J connectivity index is 1.51. The molecule has 0 aromatic carbocycles. The second-order valence-corrected chi connectivity index (χ2v) is 7.14. The molecule has 2 aromatic heterocycles. The van der Waals surface area contributed by atoms with E-state index < -0.39 is 0 Å². The number of rotatable bonds is 4. The van der Waals surface area contributed by atoms with Gasteiger partial charge in [0.2, 0.25) is 0 Å². The van der Waals surface area contributed by atoms with Crippen LogP contribution in [0, 0.1) is 12.3 Å². The van der Waals surface area contributed by atoms with Gasteiger partial charge in [-0.3, -0.25) is 9.78 Å². The minimum atomic E-state index is -0.208. The van der Waals surface area contributed by atoms with Crippen LogP contribution in [0.5, 0.6) is 5.75 Å². The van der Waals surface area contributed by atoms with Gasteiger partial charge in [0, 0.05) is 37.4 Å². The van der Waals surface area contributed by atoms with Crippen molar-refractivity contribution < 1.29 is 18.8 Å². The maximum atomic E-state index is 12.8. The summed E-state index contributed by atoms with van der Waals surface area (Å²) in [6, 6.07) is 5.43. The van der Waals surface area contributed by atoms with Gasteiger partial charge in [0.1, 0.15) is 11.5 Å². The number of pyridine rings is 1. The molecule has 26 heavy (non-hydrogen) atoms. The van der Waals surface area contributed by atoms with Crippen LogP contribution in [-0.2, 0) is 4.74 Å². The maximum Gasteiger partial charge on any atom is 0.276 e. The summed E-state index contributed by atoms with van der Waals surface area (Å²) in [4.78, 5) is 18.8. The molecule has 7 nitrogen and oxygen atoms in total. The number of aryl methyl sites for hydroxylation is 1. The molecule has 0 unspecified atom stereocenters. The van der Waals surface area contributed by atoms with Crippen LogP contribution in [0.3, 0.4) is 0 Å². The van der Waals surface area contributed by atoms with E-state index in [9.17, 15) is 4.79 Å². The molecule has 0 bridgehead atoms. The number of nitrogens with zero attached hydrogens (tertiary/aromatic N) is 3. The molecule has 138 valence electrons. The average Bonchev–Trinajstić information content (AvgIpc) is 3.12. The van der Waals surface area contributed by atoms with E-state index >= 15 is 0 Å². The molecule has 4 rings (SSSR count). The van der Waals surface area contributed by atoms with E-state index in [0.29, 0.717) is 31.2 Å². The zero-order chi connectivity index (χ0) is 18.0. The summed E-state index contributed by atoms with van der Waals surface area (Å²) < 4.78 is 17.1. The standard InChI is InChI=1S/C19H23N3O4/c1-14-10-16(21-26-14)18(23)22-8-5-17-19(12-22,6-3-9-24-17)13-25-15-4-2-7-20-11-15/h2,4,7,10-11,17H,3,5-6,8-9,12-13H2,1H3/t17-,19-/m1/s1. The van der Waals surface area contributed by atoms with Gasteiger partial charge in [0.25, 0.3) is 5.91 Å². The molecule has 0 radical (unpaired) electrons. The van der Waals surface area contributed by atoms with Crippen LogP contribution in [0.2, 0.25) is 0 Å². The zero-order valence-corrected chi connectivity index (χ0v) is 14.9. The van der Waals surface area contributed by atoms with Gasteiger partial charge in [-0.15, -0.1) is 0 Å². The number of piperidine rings is 1. The van der Waals surface area contributed by atoms with Crippen LogP contribution >= 0.6 is 0 Å². The van der Waals surface area contributed by atoms with Crippen molar-refractivity contribution in [3.05, 3.63) is 42.0 Å². The highest BCUT2D eigenvalue weighted by molar-refractivity contribution is 5.92. The topological polar surface area (TPSA) is 77.7 Å². The molecule has 0 N–H and O–H groups in total. The Hall–Kier alpha value is -2.41. The number of carbonyl (C=O) groups is 1. The van der Waals surface area contributed by atoms with Gasteiger partial charge < -0.3 is 18.9 Å². The number of hydrogen-bond acceptors (Lipinski definition) is 6. The first-order chi connectivity index (χ1) is 12.7. The SMILES string of the molecule is Cc1cc(C(=O)N2CC[C@H]3OCCC[C@]3(COc3cccnc3)C2)no1. The second kappa shape index (κ2) is 7.07. The van der Waals surface area contributed by atoms with Crippen molar-refractivity contribution in [3.8, 4) is 5.75 Å². The third kappa shape index (κ3) is 3.31. The molecule has 4 heterocycles. The van der Waals surface area contributed by atoms with Crippen molar-refractivity contribution in [2.75, 3.05) is 26.3 Å². The summed E-state index contributed by atoms with van der Waals surface area (Å²) in [5, 5.41) is 3.87. The minimum Gasteiger partial charge on any atom is -0.491 e. The van der Waals surface area contributed by atoms with Gasteiger partial charge in [-0.2, -0.15) is 0 Å². The average molecular weight is 357 g/mol. The summed E-state index contributed by atoms with van der Waals surface area (Å²) in [6.07, 6.45) is 6.28. The number of fused-ring (bicyclic) bond motifs is 1. The van der Waals surface area contributed by atoms with E-state index in [0.717, 1.165) is 31.6 Å². The second-order valence-electron chi connectivity index (χ2n) is 7.14. The number of carbonyl (C=O) groups excluding carboxylic acids is 1. The molecule has 2 aliphatic rings. The fourth-order valence-corrected chi connectivity index (χ4v) is 3.96. The van der Waals surface area contributed by atoms with Gasteiger partial charge in [-0.05, 0) is 38.3 Å². The van der Waals surface area contributed by atoms with Crippen molar-refractivity contribution in [1.82, 2.24) is 15.0 Å². The zero-order valence-electron chi connectivity index (χ0n) is 14.9. The van der Waals surface area contributed by atoms with E-state index in [1.165, 1.54) is 0 Å². The lowest BCUT2D eigenvalue weighted by molar-refractivity contribution is -0.133.